The number of amides is 1. The highest BCUT2D eigenvalue weighted by Crippen LogP contribution is 2.22. The summed E-state index contributed by atoms with van der Waals surface area (Å²) >= 11 is 0. The van der Waals surface area contributed by atoms with Gasteiger partial charge in [-0.05, 0) is 25.7 Å². The zero-order chi connectivity index (χ0) is 12.3. The van der Waals surface area contributed by atoms with Gasteiger partial charge in [0.05, 0.1) is 18.8 Å². The largest absolute Gasteiger partial charge is 0.394 e. The number of carbonyl (C=O) groups is 1. The smallest absolute Gasteiger partial charge is 0.223 e. The molecule has 1 N–H and O–H groups in total. The maximum Gasteiger partial charge on any atom is 0.223 e. The third-order valence-corrected chi connectivity index (χ3v) is 3.43. The molecule has 1 fully saturated rings. The summed E-state index contributed by atoms with van der Waals surface area (Å²) in [5.74, 6) is 0.600. The van der Waals surface area contributed by atoms with Crippen molar-refractivity contribution in [2.45, 2.75) is 38.4 Å². The van der Waals surface area contributed by atoms with Crippen molar-refractivity contribution in [1.29, 1.82) is 0 Å². The minimum atomic E-state index is -0.221. The molecule has 1 aliphatic carbocycles. The third kappa shape index (κ3) is 3.30. The second-order valence-corrected chi connectivity index (χ2v) is 5.02. The molecule has 1 heterocycles. The number of allylic oxidation sites excluding steroid dienone is 2. The number of ether oxygens (including phenoxy) is 1. The predicted molar refractivity (Wildman–Crippen MR) is 64.5 cm³/mol. The van der Waals surface area contributed by atoms with E-state index in [1.54, 1.807) is 0 Å². The minimum absolute atomic E-state index is 0.0164. The van der Waals surface area contributed by atoms with Crippen LogP contribution in [0.4, 0.5) is 0 Å². The first kappa shape index (κ1) is 12.6. The number of aliphatic hydroxyl groups excluding tert-OH is 1. The molecule has 2 aliphatic rings. The van der Waals surface area contributed by atoms with Crippen LogP contribution in [0.25, 0.3) is 0 Å². The molecule has 1 amide bonds. The molecule has 0 radical (unpaired) electrons. The fourth-order valence-electron chi connectivity index (χ4n) is 2.57. The van der Waals surface area contributed by atoms with Crippen molar-refractivity contribution in [3.05, 3.63) is 12.2 Å². The number of carbonyl (C=O) groups excluding carboxylic acids is 1. The lowest BCUT2D eigenvalue weighted by atomic mass is 10.0. The first-order valence-electron chi connectivity index (χ1n) is 6.39. The van der Waals surface area contributed by atoms with Crippen molar-refractivity contribution >= 4 is 5.91 Å². The lowest BCUT2D eigenvalue weighted by molar-refractivity contribution is -0.147. The molecule has 17 heavy (non-hydrogen) atoms. The number of morpholine rings is 1. The van der Waals surface area contributed by atoms with Gasteiger partial charge in [0.15, 0.2) is 0 Å². The van der Waals surface area contributed by atoms with E-state index in [-0.39, 0.29) is 24.7 Å². The van der Waals surface area contributed by atoms with Crippen molar-refractivity contribution < 1.29 is 14.6 Å². The monoisotopic (exact) mass is 239 g/mol. The Morgan fingerprint density at radius 3 is 3.00 bits per heavy atom. The zero-order valence-electron chi connectivity index (χ0n) is 10.3. The average Bonchev–Trinajstić information content (AvgIpc) is 2.81. The van der Waals surface area contributed by atoms with Gasteiger partial charge >= 0.3 is 0 Å². The van der Waals surface area contributed by atoms with E-state index in [1.165, 1.54) is 0 Å². The Labute approximate surface area is 102 Å². The Hall–Kier alpha value is -0.870. The summed E-state index contributed by atoms with van der Waals surface area (Å²) in [6.45, 7) is 3.09. The van der Waals surface area contributed by atoms with Gasteiger partial charge in [-0.15, -0.1) is 0 Å². The molecule has 0 aromatic heterocycles. The van der Waals surface area contributed by atoms with Crippen LogP contribution in [-0.2, 0) is 9.53 Å². The van der Waals surface area contributed by atoms with Crippen LogP contribution >= 0.6 is 0 Å². The number of hydrogen-bond acceptors (Lipinski definition) is 3. The standard InChI is InChI=1S/C13H21NO3/c1-10-7-14(8-12(9-15)17-10)13(16)6-11-4-2-3-5-11/h2,4,10-12,15H,3,5-9H2,1H3. The molecule has 3 unspecified atom stereocenters. The van der Waals surface area contributed by atoms with Gasteiger partial charge in [-0.1, -0.05) is 12.2 Å². The highest BCUT2D eigenvalue weighted by Gasteiger charge is 2.28. The van der Waals surface area contributed by atoms with Crippen LogP contribution in [0.3, 0.4) is 0 Å². The molecule has 2 rings (SSSR count). The molecular weight excluding hydrogens is 218 g/mol. The maximum absolute atomic E-state index is 12.1. The van der Waals surface area contributed by atoms with E-state index in [1.807, 2.05) is 11.8 Å². The van der Waals surface area contributed by atoms with Crippen molar-refractivity contribution in [3.8, 4) is 0 Å². The number of nitrogens with zero attached hydrogens (tertiary/aromatic N) is 1. The van der Waals surface area contributed by atoms with Crippen LogP contribution in [0.15, 0.2) is 12.2 Å². The molecule has 1 aliphatic heterocycles. The lowest BCUT2D eigenvalue weighted by Crippen LogP contribution is -2.50. The SMILES string of the molecule is CC1CN(C(=O)CC2C=CCC2)CC(CO)O1. The summed E-state index contributed by atoms with van der Waals surface area (Å²) in [5.41, 5.74) is 0. The summed E-state index contributed by atoms with van der Waals surface area (Å²) in [4.78, 5) is 14.0. The van der Waals surface area contributed by atoms with Gasteiger partial charge in [-0.3, -0.25) is 4.79 Å². The molecule has 96 valence electrons. The fraction of sp³-hybridized carbons (Fsp3) is 0.769. The lowest BCUT2D eigenvalue weighted by Gasteiger charge is -2.36. The van der Waals surface area contributed by atoms with Crippen LogP contribution in [0.2, 0.25) is 0 Å². The Balaban J connectivity index is 1.87. The van der Waals surface area contributed by atoms with Crippen LogP contribution < -0.4 is 0 Å². The second kappa shape index (κ2) is 5.65. The highest BCUT2D eigenvalue weighted by molar-refractivity contribution is 5.77. The van der Waals surface area contributed by atoms with Gasteiger partial charge in [-0.2, -0.15) is 0 Å². The first-order valence-corrected chi connectivity index (χ1v) is 6.39. The Morgan fingerprint density at radius 2 is 2.35 bits per heavy atom. The van der Waals surface area contributed by atoms with Gasteiger partial charge in [0.25, 0.3) is 0 Å². The van der Waals surface area contributed by atoms with Crippen LogP contribution in [-0.4, -0.2) is 47.8 Å². The summed E-state index contributed by atoms with van der Waals surface area (Å²) in [7, 11) is 0. The Kier molecular flexibility index (Phi) is 4.18. The molecule has 3 atom stereocenters. The van der Waals surface area contributed by atoms with Gasteiger partial charge < -0.3 is 14.7 Å². The topological polar surface area (TPSA) is 49.8 Å². The maximum atomic E-state index is 12.1. The third-order valence-electron chi connectivity index (χ3n) is 3.43. The summed E-state index contributed by atoms with van der Waals surface area (Å²) < 4.78 is 5.53. The molecule has 4 nitrogen and oxygen atoms in total. The Morgan fingerprint density at radius 1 is 1.53 bits per heavy atom. The number of aliphatic hydroxyl groups is 1. The summed E-state index contributed by atoms with van der Waals surface area (Å²) in [5, 5.41) is 9.12. The van der Waals surface area contributed by atoms with E-state index >= 15 is 0 Å². The van der Waals surface area contributed by atoms with Crippen molar-refractivity contribution in [1.82, 2.24) is 4.90 Å². The van der Waals surface area contributed by atoms with Gasteiger partial charge in [0.2, 0.25) is 5.91 Å². The number of rotatable bonds is 3. The van der Waals surface area contributed by atoms with E-state index < -0.39 is 0 Å². The molecule has 1 saturated heterocycles. The van der Waals surface area contributed by atoms with Crippen molar-refractivity contribution in [2.75, 3.05) is 19.7 Å². The molecule has 0 aromatic carbocycles. The van der Waals surface area contributed by atoms with Crippen molar-refractivity contribution in [3.63, 3.8) is 0 Å². The van der Waals surface area contributed by atoms with E-state index in [0.29, 0.717) is 25.4 Å². The predicted octanol–water partition coefficient (Wildman–Crippen LogP) is 0.951. The molecule has 4 heteroatoms. The molecule has 0 aromatic rings. The second-order valence-electron chi connectivity index (χ2n) is 5.02. The molecule has 0 bridgehead atoms. The zero-order valence-corrected chi connectivity index (χ0v) is 10.3. The highest BCUT2D eigenvalue weighted by atomic mass is 16.5. The average molecular weight is 239 g/mol. The fourth-order valence-corrected chi connectivity index (χ4v) is 2.57. The van der Waals surface area contributed by atoms with Gasteiger partial charge in [0.1, 0.15) is 0 Å². The minimum Gasteiger partial charge on any atom is -0.394 e. The summed E-state index contributed by atoms with van der Waals surface area (Å²) in [6.07, 6.45) is 6.88. The number of hydrogen-bond donors (Lipinski definition) is 1. The van der Waals surface area contributed by atoms with E-state index in [2.05, 4.69) is 12.2 Å². The Bertz CT molecular complexity index is 303. The summed E-state index contributed by atoms with van der Waals surface area (Å²) in [6, 6.07) is 0. The first-order chi connectivity index (χ1) is 8.19. The van der Waals surface area contributed by atoms with Crippen LogP contribution in [0.1, 0.15) is 26.2 Å². The van der Waals surface area contributed by atoms with E-state index in [9.17, 15) is 4.79 Å². The normalized spacial score (nSPS) is 33.1. The molecular formula is C13H21NO3. The molecule has 0 saturated carbocycles. The van der Waals surface area contributed by atoms with Gasteiger partial charge in [0, 0.05) is 19.5 Å². The van der Waals surface area contributed by atoms with Crippen LogP contribution in [0, 0.1) is 5.92 Å². The quantitative estimate of drug-likeness (QED) is 0.746. The molecule has 0 spiro atoms. The van der Waals surface area contributed by atoms with Crippen molar-refractivity contribution in [2.24, 2.45) is 5.92 Å². The van der Waals surface area contributed by atoms with E-state index in [0.717, 1.165) is 12.8 Å². The van der Waals surface area contributed by atoms with Gasteiger partial charge in [-0.25, -0.2) is 0 Å². The van der Waals surface area contributed by atoms with E-state index in [4.69, 9.17) is 9.84 Å². The van der Waals surface area contributed by atoms with Crippen LogP contribution in [0.5, 0.6) is 0 Å².